The Hall–Kier alpha value is -0.890. The third kappa shape index (κ3) is 3.03. The molecule has 0 spiro atoms. The maximum absolute atomic E-state index is 5.96. The first kappa shape index (κ1) is 12.2. The summed E-state index contributed by atoms with van der Waals surface area (Å²) in [6, 6.07) is 6.14. The molecule has 0 aliphatic carbocycles. The Morgan fingerprint density at radius 3 is 2.53 bits per heavy atom. The van der Waals surface area contributed by atoms with E-state index in [2.05, 4.69) is 25.7 Å². The first-order valence-electron chi connectivity index (χ1n) is 5.38. The summed E-state index contributed by atoms with van der Waals surface area (Å²) in [5, 5.41) is 0.691. The Morgan fingerprint density at radius 1 is 1.40 bits per heavy atom. The zero-order valence-electron chi connectivity index (χ0n) is 9.63. The zero-order valence-corrected chi connectivity index (χ0v) is 10.4. The second kappa shape index (κ2) is 5.26. The number of rotatable bonds is 4. The Kier molecular flexibility index (Phi) is 4.28. The molecule has 0 atom stereocenters. The van der Waals surface area contributed by atoms with Crippen LogP contribution in [0.4, 0.5) is 11.4 Å². The van der Waals surface area contributed by atoms with E-state index in [1.54, 1.807) is 0 Å². The highest BCUT2D eigenvalue weighted by molar-refractivity contribution is 6.31. The van der Waals surface area contributed by atoms with Crippen LogP contribution >= 0.6 is 11.6 Å². The molecule has 0 aliphatic rings. The number of hydrogen-bond donors (Lipinski definition) is 1. The van der Waals surface area contributed by atoms with Crippen LogP contribution in [-0.4, -0.2) is 12.6 Å². The SMILES string of the molecule is CCCN(c1ccc(Cl)cc1N)C(C)C. The molecule has 0 bridgehead atoms. The van der Waals surface area contributed by atoms with Gasteiger partial charge in [-0.2, -0.15) is 0 Å². The quantitative estimate of drug-likeness (QED) is 0.796. The smallest absolute Gasteiger partial charge is 0.0603 e. The van der Waals surface area contributed by atoms with E-state index in [1.807, 2.05) is 18.2 Å². The van der Waals surface area contributed by atoms with Crippen LogP contribution in [0.3, 0.4) is 0 Å². The maximum Gasteiger partial charge on any atom is 0.0603 e. The Labute approximate surface area is 97.0 Å². The molecule has 84 valence electrons. The van der Waals surface area contributed by atoms with Gasteiger partial charge in [-0.15, -0.1) is 0 Å². The second-order valence-corrected chi connectivity index (χ2v) is 4.43. The highest BCUT2D eigenvalue weighted by Crippen LogP contribution is 2.27. The molecule has 1 aromatic carbocycles. The number of nitrogens with zero attached hydrogens (tertiary/aromatic N) is 1. The summed E-state index contributed by atoms with van der Waals surface area (Å²) in [5.41, 5.74) is 7.80. The molecular weight excluding hydrogens is 208 g/mol. The Bertz CT molecular complexity index is 323. The van der Waals surface area contributed by atoms with Gasteiger partial charge in [0.05, 0.1) is 11.4 Å². The molecule has 2 N–H and O–H groups in total. The average molecular weight is 227 g/mol. The number of anilines is 2. The minimum atomic E-state index is 0.452. The van der Waals surface area contributed by atoms with Gasteiger partial charge in [0.2, 0.25) is 0 Å². The fraction of sp³-hybridized carbons (Fsp3) is 0.500. The molecule has 0 aliphatic heterocycles. The lowest BCUT2D eigenvalue weighted by Crippen LogP contribution is -2.32. The van der Waals surface area contributed by atoms with Gasteiger partial charge in [-0.25, -0.2) is 0 Å². The van der Waals surface area contributed by atoms with Crippen molar-refractivity contribution in [1.29, 1.82) is 0 Å². The standard InChI is InChI=1S/C12H19ClN2/c1-4-7-15(9(2)3)12-6-5-10(13)8-11(12)14/h5-6,8-9H,4,7,14H2,1-3H3. The van der Waals surface area contributed by atoms with Crippen molar-refractivity contribution < 1.29 is 0 Å². The summed E-state index contributed by atoms with van der Waals surface area (Å²) in [6.45, 7) is 7.53. The molecule has 3 heteroatoms. The number of hydrogen-bond acceptors (Lipinski definition) is 2. The van der Waals surface area contributed by atoms with Crippen molar-refractivity contribution in [3.63, 3.8) is 0 Å². The minimum absolute atomic E-state index is 0.452. The summed E-state index contributed by atoms with van der Waals surface area (Å²) in [6.07, 6.45) is 1.11. The largest absolute Gasteiger partial charge is 0.397 e. The van der Waals surface area contributed by atoms with Crippen molar-refractivity contribution in [2.24, 2.45) is 0 Å². The molecule has 0 amide bonds. The highest BCUT2D eigenvalue weighted by atomic mass is 35.5. The van der Waals surface area contributed by atoms with Crippen molar-refractivity contribution in [2.45, 2.75) is 33.2 Å². The van der Waals surface area contributed by atoms with Gasteiger partial charge in [-0.3, -0.25) is 0 Å². The van der Waals surface area contributed by atoms with Gasteiger partial charge in [-0.1, -0.05) is 18.5 Å². The number of nitrogen functional groups attached to an aromatic ring is 1. The van der Waals surface area contributed by atoms with E-state index in [0.29, 0.717) is 11.1 Å². The van der Waals surface area contributed by atoms with Gasteiger partial charge in [0, 0.05) is 17.6 Å². The van der Waals surface area contributed by atoms with Crippen molar-refractivity contribution in [3.8, 4) is 0 Å². The molecule has 0 saturated heterocycles. The van der Waals surface area contributed by atoms with Crippen molar-refractivity contribution in [3.05, 3.63) is 23.2 Å². The first-order valence-corrected chi connectivity index (χ1v) is 5.75. The topological polar surface area (TPSA) is 29.3 Å². The number of halogens is 1. The normalized spacial score (nSPS) is 10.7. The van der Waals surface area contributed by atoms with Crippen LogP contribution in [-0.2, 0) is 0 Å². The molecule has 0 unspecified atom stereocenters. The molecule has 1 aromatic rings. The van der Waals surface area contributed by atoms with Crippen LogP contribution in [0, 0.1) is 0 Å². The monoisotopic (exact) mass is 226 g/mol. The van der Waals surface area contributed by atoms with Crippen molar-refractivity contribution in [2.75, 3.05) is 17.2 Å². The third-order valence-corrected chi connectivity index (χ3v) is 2.62. The van der Waals surface area contributed by atoms with Gasteiger partial charge in [0.25, 0.3) is 0 Å². The van der Waals surface area contributed by atoms with E-state index in [9.17, 15) is 0 Å². The van der Waals surface area contributed by atoms with Gasteiger partial charge in [0.1, 0.15) is 0 Å². The molecule has 0 fully saturated rings. The molecule has 1 rings (SSSR count). The molecule has 0 aromatic heterocycles. The van der Waals surface area contributed by atoms with Crippen LogP contribution in [0.15, 0.2) is 18.2 Å². The van der Waals surface area contributed by atoms with Crippen LogP contribution < -0.4 is 10.6 Å². The van der Waals surface area contributed by atoms with Crippen LogP contribution in [0.1, 0.15) is 27.2 Å². The van der Waals surface area contributed by atoms with Crippen LogP contribution in [0.5, 0.6) is 0 Å². The Balaban J connectivity index is 3.00. The lowest BCUT2D eigenvalue weighted by atomic mass is 10.2. The maximum atomic E-state index is 5.96. The molecular formula is C12H19ClN2. The van der Waals surface area contributed by atoms with Crippen molar-refractivity contribution >= 4 is 23.0 Å². The van der Waals surface area contributed by atoms with E-state index in [4.69, 9.17) is 17.3 Å². The predicted octanol–water partition coefficient (Wildman–Crippen LogP) is 3.55. The van der Waals surface area contributed by atoms with E-state index in [0.717, 1.165) is 24.3 Å². The van der Waals surface area contributed by atoms with Crippen LogP contribution in [0.2, 0.25) is 5.02 Å². The molecule has 15 heavy (non-hydrogen) atoms. The number of benzene rings is 1. The lowest BCUT2D eigenvalue weighted by molar-refractivity contribution is 0.672. The number of nitrogens with two attached hydrogens (primary N) is 1. The van der Waals surface area contributed by atoms with Gasteiger partial charge >= 0.3 is 0 Å². The fourth-order valence-corrected chi connectivity index (χ4v) is 1.87. The van der Waals surface area contributed by atoms with Gasteiger partial charge in [0.15, 0.2) is 0 Å². The molecule has 0 radical (unpaired) electrons. The lowest BCUT2D eigenvalue weighted by Gasteiger charge is -2.29. The van der Waals surface area contributed by atoms with E-state index < -0.39 is 0 Å². The van der Waals surface area contributed by atoms with E-state index in [1.165, 1.54) is 0 Å². The van der Waals surface area contributed by atoms with E-state index in [-0.39, 0.29) is 0 Å². The third-order valence-electron chi connectivity index (χ3n) is 2.39. The van der Waals surface area contributed by atoms with Gasteiger partial charge in [-0.05, 0) is 38.5 Å². The average Bonchev–Trinajstić information content (AvgIpc) is 2.15. The van der Waals surface area contributed by atoms with Gasteiger partial charge < -0.3 is 10.6 Å². The first-order chi connectivity index (χ1) is 7.06. The van der Waals surface area contributed by atoms with Crippen LogP contribution in [0.25, 0.3) is 0 Å². The predicted molar refractivity (Wildman–Crippen MR) is 68.6 cm³/mol. The zero-order chi connectivity index (χ0) is 11.4. The second-order valence-electron chi connectivity index (χ2n) is 3.99. The highest BCUT2D eigenvalue weighted by Gasteiger charge is 2.12. The molecule has 0 heterocycles. The summed E-state index contributed by atoms with van der Waals surface area (Å²) >= 11 is 5.88. The summed E-state index contributed by atoms with van der Waals surface area (Å²) in [5.74, 6) is 0. The fourth-order valence-electron chi connectivity index (χ4n) is 1.68. The van der Waals surface area contributed by atoms with Crippen molar-refractivity contribution in [1.82, 2.24) is 0 Å². The minimum Gasteiger partial charge on any atom is -0.397 e. The summed E-state index contributed by atoms with van der Waals surface area (Å²) in [7, 11) is 0. The summed E-state index contributed by atoms with van der Waals surface area (Å²) < 4.78 is 0. The summed E-state index contributed by atoms with van der Waals surface area (Å²) in [4.78, 5) is 2.30. The molecule has 2 nitrogen and oxygen atoms in total. The van der Waals surface area contributed by atoms with E-state index >= 15 is 0 Å². The Morgan fingerprint density at radius 2 is 2.07 bits per heavy atom. The molecule has 0 saturated carbocycles.